The van der Waals surface area contributed by atoms with E-state index in [1.165, 1.54) is 0 Å². The third kappa shape index (κ3) is 4.70. The molecule has 1 aliphatic rings. The van der Waals surface area contributed by atoms with Crippen LogP contribution < -0.4 is 4.72 Å². The highest BCUT2D eigenvalue weighted by atomic mass is 32.2. The van der Waals surface area contributed by atoms with Gasteiger partial charge in [0.05, 0.1) is 12.4 Å². The highest BCUT2D eigenvalue weighted by molar-refractivity contribution is 7.90. The summed E-state index contributed by atoms with van der Waals surface area (Å²) in [6, 6.07) is -0.164. The van der Waals surface area contributed by atoms with Gasteiger partial charge in [0.1, 0.15) is 0 Å². The maximum Gasteiger partial charge on any atom is 0.341 e. The van der Waals surface area contributed by atoms with Gasteiger partial charge >= 0.3 is 5.97 Å². The van der Waals surface area contributed by atoms with Gasteiger partial charge in [-0.1, -0.05) is 0 Å². The normalized spacial score (nSPS) is 22.7. The molecule has 6 nitrogen and oxygen atoms in total. The molecule has 0 saturated carbocycles. The molecule has 1 heterocycles. The Labute approximate surface area is 113 Å². The molecule has 0 radical (unpaired) electrons. The highest BCUT2D eigenvalue weighted by Crippen LogP contribution is 2.17. The first kappa shape index (κ1) is 16.3. The van der Waals surface area contributed by atoms with Gasteiger partial charge in [-0.2, -0.15) is 0 Å². The molecule has 0 aromatic rings. The largest absolute Gasteiger partial charge is 0.467 e. The van der Waals surface area contributed by atoms with Crippen molar-refractivity contribution in [3.8, 4) is 0 Å². The number of carbonyl (C=O) groups is 1. The van der Waals surface area contributed by atoms with E-state index in [2.05, 4.69) is 9.46 Å². The Bertz CT molecular complexity index is 413. The van der Waals surface area contributed by atoms with Crippen molar-refractivity contribution in [3.63, 3.8) is 0 Å². The molecule has 0 amide bonds. The van der Waals surface area contributed by atoms with Crippen LogP contribution in [0.3, 0.4) is 0 Å². The Kier molecular flexibility index (Phi) is 5.69. The number of nitrogens with zero attached hydrogens (tertiary/aromatic N) is 1. The summed E-state index contributed by atoms with van der Waals surface area (Å²) >= 11 is 0. The SMILES string of the molecule is COC(=O)[C@@H](F)CN1CC[C@@H](S(=O)(=O)NC(C)C)C1. The van der Waals surface area contributed by atoms with E-state index in [0.717, 1.165) is 7.11 Å². The molecule has 0 bridgehead atoms. The monoisotopic (exact) mass is 296 g/mol. The number of esters is 1. The topological polar surface area (TPSA) is 75.7 Å². The van der Waals surface area contributed by atoms with Crippen LogP contribution in [0, 0.1) is 0 Å². The zero-order valence-corrected chi connectivity index (χ0v) is 12.2. The van der Waals surface area contributed by atoms with E-state index in [0.29, 0.717) is 13.0 Å². The Morgan fingerprint density at radius 1 is 1.53 bits per heavy atom. The van der Waals surface area contributed by atoms with Gasteiger partial charge in [0.25, 0.3) is 0 Å². The summed E-state index contributed by atoms with van der Waals surface area (Å²) in [5.74, 6) is -0.924. The predicted octanol–water partition coefficient (Wildman–Crippen LogP) is -0.100. The molecule has 19 heavy (non-hydrogen) atoms. The minimum absolute atomic E-state index is 0.125. The van der Waals surface area contributed by atoms with Crippen LogP contribution in [0.5, 0.6) is 0 Å². The molecule has 2 atom stereocenters. The van der Waals surface area contributed by atoms with Crippen LogP contribution in [0.15, 0.2) is 0 Å². The van der Waals surface area contributed by atoms with E-state index < -0.39 is 27.4 Å². The molecular weight excluding hydrogens is 275 g/mol. The zero-order valence-electron chi connectivity index (χ0n) is 11.4. The standard InChI is InChI=1S/C11H21FN2O4S/c1-8(2)13-19(16,17)9-4-5-14(6-9)7-10(12)11(15)18-3/h8-10,13H,4-7H2,1-3H3/t9-,10+/m1/s1. The number of hydrogen-bond donors (Lipinski definition) is 1. The van der Waals surface area contributed by atoms with Crippen molar-refractivity contribution in [2.45, 2.75) is 37.7 Å². The van der Waals surface area contributed by atoms with Crippen molar-refractivity contribution < 1.29 is 22.3 Å². The summed E-state index contributed by atoms with van der Waals surface area (Å²) in [5.41, 5.74) is 0. The maximum atomic E-state index is 13.4. The molecular formula is C11H21FN2O4S. The number of rotatable bonds is 6. The van der Waals surface area contributed by atoms with Crippen molar-refractivity contribution in [3.05, 3.63) is 0 Å². The molecule has 1 fully saturated rings. The fraction of sp³-hybridized carbons (Fsp3) is 0.909. The van der Waals surface area contributed by atoms with E-state index in [1.54, 1.807) is 18.7 Å². The van der Waals surface area contributed by atoms with Crippen LogP contribution in [0.25, 0.3) is 0 Å². The molecule has 1 saturated heterocycles. The first-order chi connectivity index (χ1) is 8.76. The quantitative estimate of drug-likeness (QED) is 0.693. The van der Waals surface area contributed by atoms with Crippen LogP contribution in [0.2, 0.25) is 0 Å². The number of alkyl halides is 1. The Morgan fingerprint density at radius 3 is 2.68 bits per heavy atom. The zero-order chi connectivity index (χ0) is 14.6. The fourth-order valence-corrected chi connectivity index (χ4v) is 3.74. The Hall–Kier alpha value is -0.730. The number of hydrogen-bond acceptors (Lipinski definition) is 5. The second kappa shape index (κ2) is 6.62. The number of sulfonamides is 1. The van der Waals surface area contributed by atoms with Crippen molar-refractivity contribution >= 4 is 16.0 Å². The summed E-state index contributed by atoms with van der Waals surface area (Å²) in [6.45, 7) is 4.07. The van der Waals surface area contributed by atoms with Crippen LogP contribution in [0.4, 0.5) is 4.39 Å². The smallest absolute Gasteiger partial charge is 0.341 e. The summed E-state index contributed by atoms with van der Waals surface area (Å²) in [7, 11) is -2.26. The molecule has 112 valence electrons. The first-order valence-electron chi connectivity index (χ1n) is 6.21. The third-order valence-electron chi connectivity index (χ3n) is 2.94. The lowest BCUT2D eigenvalue weighted by Gasteiger charge is -2.18. The summed E-state index contributed by atoms with van der Waals surface area (Å²) < 4.78 is 44.1. The van der Waals surface area contributed by atoms with E-state index in [-0.39, 0.29) is 19.1 Å². The molecule has 0 aromatic carbocycles. The molecule has 0 spiro atoms. The minimum atomic E-state index is -3.38. The first-order valence-corrected chi connectivity index (χ1v) is 7.76. The Morgan fingerprint density at radius 2 is 2.16 bits per heavy atom. The number of carbonyl (C=O) groups excluding carboxylic acids is 1. The molecule has 1 rings (SSSR count). The van der Waals surface area contributed by atoms with Crippen LogP contribution in [-0.2, 0) is 19.6 Å². The molecule has 1 N–H and O–H groups in total. The predicted molar refractivity (Wildman–Crippen MR) is 68.9 cm³/mol. The van der Waals surface area contributed by atoms with Crippen LogP contribution in [0.1, 0.15) is 20.3 Å². The second-order valence-electron chi connectivity index (χ2n) is 4.98. The summed E-state index contributed by atoms with van der Waals surface area (Å²) in [5, 5.41) is -0.556. The van der Waals surface area contributed by atoms with Gasteiger partial charge in [-0.05, 0) is 26.8 Å². The summed E-state index contributed by atoms with van der Waals surface area (Å²) in [6.07, 6.45) is -1.29. The lowest BCUT2D eigenvalue weighted by Crippen LogP contribution is -2.41. The van der Waals surface area contributed by atoms with Crippen molar-refractivity contribution in [2.75, 3.05) is 26.7 Å². The van der Waals surface area contributed by atoms with Gasteiger partial charge in [-0.25, -0.2) is 22.3 Å². The average Bonchev–Trinajstić information content (AvgIpc) is 2.75. The van der Waals surface area contributed by atoms with Gasteiger partial charge in [-0.15, -0.1) is 0 Å². The third-order valence-corrected chi connectivity index (χ3v) is 5.01. The van der Waals surface area contributed by atoms with Crippen molar-refractivity contribution in [1.82, 2.24) is 9.62 Å². The van der Waals surface area contributed by atoms with E-state index in [4.69, 9.17) is 0 Å². The second-order valence-corrected chi connectivity index (χ2v) is 6.97. The fourth-order valence-electron chi connectivity index (χ4n) is 2.07. The van der Waals surface area contributed by atoms with E-state index in [1.807, 2.05) is 0 Å². The number of nitrogens with one attached hydrogen (secondary N) is 1. The molecule has 0 aromatic heterocycles. The van der Waals surface area contributed by atoms with Crippen LogP contribution in [-0.4, -0.2) is 63.5 Å². The molecule has 0 unspecified atom stereocenters. The average molecular weight is 296 g/mol. The number of methoxy groups -OCH3 is 1. The minimum Gasteiger partial charge on any atom is -0.467 e. The van der Waals surface area contributed by atoms with E-state index in [9.17, 15) is 17.6 Å². The Balaban J connectivity index is 2.52. The van der Waals surface area contributed by atoms with Gasteiger partial charge in [0.15, 0.2) is 0 Å². The lowest BCUT2D eigenvalue weighted by atomic mass is 10.3. The van der Waals surface area contributed by atoms with Gasteiger partial charge in [-0.3, -0.25) is 4.90 Å². The molecule has 0 aliphatic carbocycles. The van der Waals surface area contributed by atoms with Crippen LogP contribution >= 0.6 is 0 Å². The summed E-state index contributed by atoms with van der Waals surface area (Å²) in [4.78, 5) is 12.6. The van der Waals surface area contributed by atoms with Crippen molar-refractivity contribution in [1.29, 1.82) is 0 Å². The van der Waals surface area contributed by atoms with E-state index >= 15 is 0 Å². The number of likely N-dealkylation sites (tertiary alicyclic amines) is 1. The van der Waals surface area contributed by atoms with Gasteiger partial charge < -0.3 is 4.74 Å². The van der Waals surface area contributed by atoms with Gasteiger partial charge in [0.2, 0.25) is 16.2 Å². The lowest BCUT2D eigenvalue weighted by molar-refractivity contribution is -0.147. The number of halogens is 1. The maximum absolute atomic E-state index is 13.4. The molecule has 1 aliphatic heterocycles. The highest BCUT2D eigenvalue weighted by Gasteiger charge is 2.35. The van der Waals surface area contributed by atoms with Crippen molar-refractivity contribution in [2.24, 2.45) is 0 Å². The molecule has 8 heteroatoms. The van der Waals surface area contributed by atoms with Gasteiger partial charge in [0, 0.05) is 19.1 Å². The number of ether oxygens (including phenoxy) is 1.